The van der Waals surface area contributed by atoms with Crippen molar-refractivity contribution >= 4 is 16.9 Å². The molecule has 1 aromatic heterocycles. The van der Waals surface area contributed by atoms with E-state index in [1.54, 1.807) is 37.4 Å². The van der Waals surface area contributed by atoms with E-state index >= 15 is 0 Å². The number of fused-ring (bicyclic) bond motifs is 1. The van der Waals surface area contributed by atoms with E-state index in [1.165, 1.54) is 10.6 Å². The van der Waals surface area contributed by atoms with Crippen molar-refractivity contribution in [2.75, 3.05) is 0 Å². The molecule has 0 amide bonds. The molecule has 0 saturated carbocycles. The predicted molar refractivity (Wildman–Crippen MR) is 89.8 cm³/mol. The first-order valence-corrected chi connectivity index (χ1v) is 7.60. The summed E-state index contributed by atoms with van der Waals surface area (Å²) in [6.07, 6.45) is -0.0962. The molecule has 0 saturated heterocycles. The van der Waals surface area contributed by atoms with Crippen molar-refractivity contribution in [2.24, 2.45) is 7.05 Å². The second kappa shape index (κ2) is 6.29. The lowest BCUT2D eigenvalue weighted by Crippen LogP contribution is -2.01. The van der Waals surface area contributed by atoms with E-state index in [0.29, 0.717) is 27.6 Å². The Bertz CT molecular complexity index is 1030. The Balaban J connectivity index is 2.15. The number of aromatic nitrogens is 1. The normalized spacial score (nSPS) is 10.8. The van der Waals surface area contributed by atoms with Gasteiger partial charge in [0.25, 0.3) is 0 Å². The molecule has 2 N–H and O–H groups in total. The van der Waals surface area contributed by atoms with Gasteiger partial charge in [-0.1, -0.05) is 18.2 Å². The van der Waals surface area contributed by atoms with Crippen molar-refractivity contribution in [1.82, 2.24) is 4.57 Å². The Morgan fingerprint density at radius 2 is 2.04 bits per heavy atom. The summed E-state index contributed by atoms with van der Waals surface area (Å²) in [5.41, 5.74) is 2.35. The van der Waals surface area contributed by atoms with Crippen LogP contribution in [0.25, 0.3) is 10.9 Å². The van der Waals surface area contributed by atoms with Gasteiger partial charge in [0, 0.05) is 24.4 Å². The molecular formula is C19H15FN2O3. The van der Waals surface area contributed by atoms with E-state index in [2.05, 4.69) is 0 Å². The first kappa shape index (κ1) is 16.5. The van der Waals surface area contributed by atoms with Crippen LogP contribution in [0.3, 0.4) is 0 Å². The van der Waals surface area contributed by atoms with Crippen LogP contribution in [-0.2, 0) is 24.7 Å². The molecule has 0 aliphatic rings. The summed E-state index contributed by atoms with van der Waals surface area (Å²) in [5, 5.41) is 28.9. The van der Waals surface area contributed by atoms with Crippen LogP contribution in [0.1, 0.15) is 22.3 Å². The molecule has 0 aliphatic carbocycles. The largest absolute Gasteiger partial charge is 0.494 e. The molecule has 0 spiro atoms. The molecule has 2 aromatic carbocycles. The van der Waals surface area contributed by atoms with Gasteiger partial charge < -0.3 is 14.8 Å². The van der Waals surface area contributed by atoms with Crippen LogP contribution in [0.4, 0.5) is 4.39 Å². The number of hydrogen-bond acceptors (Lipinski definition) is 3. The van der Waals surface area contributed by atoms with Crippen molar-refractivity contribution < 1.29 is 19.4 Å². The van der Waals surface area contributed by atoms with Gasteiger partial charge >= 0.3 is 5.97 Å². The number of carbonyl (C=O) groups is 1. The minimum Gasteiger partial charge on any atom is -0.494 e. The number of nitrogens with zero attached hydrogens (tertiary/aromatic N) is 2. The van der Waals surface area contributed by atoms with Gasteiger partial charge in [0.15, 0.2) is 5.88 Å². The fraction of sp³-hybridized carbons (Fsp3) is 0.158. The number of aromatic hydroxyl groups is 1. The summed E-state index contributed by atoms with van der Waals surface area (Å²) < 4.78 is 15.7. The Morgan fingerprint density at radius 1 is 1.28 bits per heavy atom. The van der Waals surface area contributed by atoms with Crippen LogP contribution in [0, 0.1) is 17.1 Å². The first-order valence-electron chi connectivity index (χ1n) is 7.60. The van der Waals surface area contributed by atoms with Gasteiger partial charge in [-0.3, -0.25) is 4.79 Å². The maximum atomic E-state index is 14.2. The fourth-order valence-corrected chi connectivity index (χ4v) is 3.07. The van der Waals surface area contributed by atoms with E-state index in [-0.39, 0.29) is 24.3 Å². The summed E-state index contributed by atoms with van der Waals surface area (Å²) in [6.45, 7) is 0. The average Bonchev–Trinajstić information content (AvgIpc) is 2.82. The van der Waals surface area contributed by atoms with Crippen molar-refractivity contribution in [3.8, 4) is 11.9 Å². The smallest absolute Gasteiger partial charge is 0.308 e. The van der Waals surface area contributed by atoms with Gasteiger partial charge in [0.05, 0.1) is 23.6 Å². The summed E-state index contributed by atoms with van der Waals surface area (Å²) in [4.78, 5) is 11.2. The van der Waals surface area contributed by atoms with E-state index in [9.17, 15) is 14.3 Å². The van der Waals surface area contributed by atoms with Crippen LogP contribution >= 0.6 is 0 Å². The molecule has 6 heteroatoms. The molecule has 0 unspecified atom stereocenters. The van der Waals surface area contributed by atoms with Crippen LogP contribution in [-0.4, -0.2) is 20.7 Å². The minimum atomic E-state index is -1.05. The number of rotatable bonds is 4. The predicted octanol–water partition coefficient (Wildman–Crippen LogP) is 3.11. The highest BCUT2D eigenvalue weighted by Crippen LogP contribution is 2.34. The number of halogens is 1. The zero-order valence-corrected chi connectivity index (χ0v) is 13.5. The summed E-state index contributed by atoms with van der Waals surface area (Å²) in [5.74, 6) is -1.65. The number of aliphatic carboxylic acids is 1. The van der Waals surface area contributed by atoms with Gasteiger partial charge in [-0.2, -0.15) is 5.26 Å². The molecule has 3 aromatic rings. The second-order valence-corrected chi connectivity index (χ2v) is 5.84. The Kier molecular flexibility index (Phi) is 4.15. The van der Waals surface area contributed by atoms with E-state index in [1.807, 2.05) is 6.07 Å². The van der Waals surface area contributed by atoms with Crippen LogP contribution in [0.2, 0.25) is 0 Å². The molecule has 5 nitrogen and oxygen atoms in total. The van der Waals surface area contributed by atoms with Crippen molar-refractivity contribution in [2.45, 2.75) is 12.8 Å². The molecule has 0 radical (unpaired) electrons. The number of nitriles is 1. The monoisotopic (exact) mass is 338 g/mol. The van der Waals surface area contributed by atoms with Gasteiger partial charge in [-0.25, -0.2) is 4.39 Å². The molecule has 3 rings (SSSR count). The highest BCUT2D eigenvalue weighted by atomic mass is 19.1. The lowest BCUT2D eigenvalue weighted by Gasteiger charge is -2.07. The molecule has 25 heavy (non-hydrogen) atoms. The van der Waals surface area contributed by atoms with Gasteiger partial charge in [0.2, 0.25) is 0 Å². The topological polar surface area (TPSA) is 86.2 Å². The third kappa shape index (κ3) is 2.92. The number of carboxylic acid groups (broad SMARTS) is 1. The maximum absolute atomic E-state index is 14.2. The van der Waals surface area contributed by atoms with Gasteiger partial charge in [-0.05, 0) is 29.3 Å². The number of hydrogen-bond donors (Lipinski definition) is 2. The molecular weight excluding hydrogens is 323 g/mol. The molecule has 0 aliphatic heterocycles. The van der Waals surface area contributed by atoms with Crippen molar-refractivity contribution in [1.29, 1.82) is 5.26 Å². The van der Waals surface area contributed by atoms with Gasteiger partial charge in [-0.15, -0.1) is 0 Å². The lowest BCUT2D eigenvalue weighted by molar-refractivity contribution is -0.136. The summed E-state index contributed by atoms with van der Waals surface area (Å²) in [6, 6.07) is 11.5. The first-order chi connectivity index (χ1) is 11.9. The lowest BCUT2D eigenvalue weighted by atomic mass is 9.97. The Hall–Kier alpha value is -3.33. The summed E-state index contributed by atoms with van der Waals surface area (Å²) >= 11 is 0. The fourth-order valence-electron chi connectivity index (χ4n) is 3.07. The Morgan fingerprint density at radius 3 is 2.68 bits per heavy atom. The maximum Gasteiger partial charge on any atom is 0.308 e. The zero-order chi connectivity index (χ0) is 18.1. The zero-order valence-electron chi connectivity index (χ0n) is 13.5. The van der Waals surface area contributed by atoms with E-state index in [0.717, 1.165) is 0 Å². The molecule has 0 atom stereocenters. The minimum absolute atomic E-state index is 0.106. The number of benzene rings is 2. The molecule has 0 bridgehead atoms. The quantitative estimate of drug-likeness (QED) is 0.765. The standard InChI is InChI=1S/C19H15FN2O3/c1-22-16-4-2-3-13(18(16)14(19(22)25)9-17(23)24)8-12-6-5-11(10-21)7-15(12)20/h2-7,25H,8-9H2,1H3,(H,23,24). The molecule has 126 valence electrons. The van der Waals surface area contributed by atoms with E-state index in [4.69, 9.17) is 10.4 Å². The third-order valence-corrected chi connectivity index (χ3v) is 4.27. The second-order valence-electron chi connectivity index (χ2n) is 5.84. The number of aryl methyl sites for hydroxylation is 1. The highest BCUT2D eigenvalue weighted by Gasteiger charge is 2.20. The highest BCUT2D eigenvalue weighted by molar-refractivity contribution is 5.93. The average molecular weight is 338 g/mol. The van der Waals surface area contributed by atoms with Crippen molar-refractivity contribution in [3.63, 3.8) is 0 Å². The number of carboxylic acids is 1. The summed E-state index contributed by atoms with van der Waals surface area (Å²) in [7, 11) is 1.65. The van der Waals surface area contributed by atoms with Crippen LogP contribution < -0.4 is 0 Å². The van der Waals surface area contributed by atoms with E-state index < -0.39 is 11.8 Å². The van der Waals surface area contributed by atoms with Crippen LogP contribution in [0.15, 0.2) is 36.4 Å². The SMILES string of the molecule is Cn1c(O)c(CC(=O)O)c2c(Cc3ccc(C#N)cc3F)cccc21. The Labute approximate surface area is 143 Å². The third-order valence-electron chi connectivity index (χ3n) is 4.27. The van der Waals surface area contributed by atoms with Crippen molar-refractivity contribution in [3.05, 3.63) is 64.5 Å². The molecule has 1 heterocycles. The van der Waals surface area contributed by atoms with Crippen LogP contribution in [0.5, 0.6) is 5.88 Å². The molecule has 0 fully saturated rings. The van der Waals surface area contributed by atoms with Gasteiger partial charge in [0.1, 0.15) is 5.82 Å².